The van der Waals surface area contributed by atoms with E-state index in [0.717, 1.165) is 98.7 Å². The average Bonchev–Trinajstić information content (AvgIpc) is 1.47. The highest BCUT2D eigenvalue weighted by molar-refractivity contribution is 5.93. The molecular formula is C97H120O23. The molecule has 23 heteroatoms. The Balaban J connectivity index is 0.000000255. The Morgan fingerprint density at radius 3 is 1.37 bits per heavy atom. The molecule has 8 atom stereocenters. The molecule has 5 aromatic carbocycles. The second kappa shape index (κ2) is 49.4. The molecule has 0 spiro atoms. The van der Waals surface area contributed by atoms with E-state index in [0.29, 0.717) is 91.1 Å². The van der Waals surface area contributed by atoms with Crippen molar-refractivity contribution < 1.29 is 110 Å². The zero-order valence-electron chi connectivity index (χ0n) is 71.0. The monoisotopic (exact) mass is 1650 g/mol. The SMILES string of the molecule is C=C(C)C(=O)OCCCCCC(=O)O[C@H]1CC[C@@]2(C)C(=CC[C@H]3[C@@H]4CC[C@H]([C@H](C)CCCC(C)C)[C@@]4(C)CC[C@@H]32)C1.C=CC(=O)OCCCCCC(=O)Oc1ccc(C(=O)Oc2ccc(OC(=O)c3ccc(OC(=O)CCCOC(=O)C=C)cc3)cc2C)cc1.C=CC(=O)OCCCCCC(=O)Oc1ccc(C(=O)Oc2ccc(OC)cc2)cc1. The molecule has 4 aliphatic rings. The van der Waals surface area contributed by atoms with Gasteiger partial charge in [-0.2, -0.15) is 0 Å². The van der Waals surface area contributed by atoms with Crippen LogP contribution in [0.2, 0.25) is 0 Å². The smallest absolute Gasteiger partial charge is 0.343 e. The number of benzene rings is 5. The molecular weight excluding hydrogens is 1530 g/mol. The van der Waals surface area contributed by atoms with E-state index in [-0.39, 0.29) is 102 Å². The van der Waals surface area contributed by atoms with Crippen molar-refractivity contribution in [3.63, 3.8) is 0 Å². The minimum atomic E-state index is -0.654. The summed E-state index contributed by atoms with van der Waals surface area (Å²) in [5.74, 6) is 2.45. The summed E-state index contributed by atoms with van der Waals surface area (Å²) in [6.45, 7) is 30.4. The molecule has 3 saturated carbocycles. The van der Waals surface area contributed by atoms with Gasteiger partial charge in [-0.1, -0.05) is 91.8 Å². The number of aryl methyl sites for hydroxylation is 1. The quantitative estimate of drug-likeness (QED) is 0.00875. The molecule has 23 nitrogen and oxygen atoms in total. The van der Waals surface area contributed by atoms with Crippen LogP contribution in [0, 0.1) is 53.3 Å². The summed E-state index contributed by atoms with van der Waals surface area (Å²) in [4.78, 5) is 131. The number of methoxy groups -OCH3 is 1. The fourth-order valence-electron chi connectivity index (χ4n) is 16.3. The van der Waals surface area contributed by atoms with Crippen molar-refractivity contribution in [2.45, 2.75) is 215 Å². The van der Waals surface area contributed by atoms with Crippen molar-refractivity contribution in [3.8, 4) is 40.2 Å². The maximum Gasteiger partial charge on any atom is 0.343 e. The van der Waals surface area contributed by atoms with Crippen LogP contribution in [0.15, 0.2) is 177 Å². The van der Waals surface area contributed by atoms with E-state index in [1.165, 1.54) is 136 Å². The molecule has 9 rings (SSSR count). The second-order valence-electron chi connectivity index (χ2n) is 32.0. The summed E-state index contributed by atoms with van der Waals surface area (Å²) >= 11 is 0. The molecule has 0 aliphatic heterocycles. The Hall–Kier alpha value is -11.2. The van der Waals surface area contributed by atoms with Crippen molar-refractivity contribution in [3.05, 3.63) is 199 Å². The molecule has 0 N–H and O–H groups in total. The van der Waals surface area contributed by atoms with E-state index >= 15 is 0 Å². The maximum absolute atomic E-state index is 12.7. The number of carbonyl (C=O) groups is 11. The predicted octanol–water partition coefficient (Wildman–Crippen LogP) is 19.8. The van der Waals surface area contributed by atoms with Gasteiger partial charge in [-0.05, 0) is 290 Å². The van der Waals surface area contributed by atoms with Crippen LogP contribution >= 0.6 is 0 Å². The lowest BCUT2D eigenvalue weighted by atomic mass is 9.47. The third-order valence-corrected chi connectivity index (χ3v) is 22.8. The number of hydrogen-bond acceptors (Lipinski definition) is 23. The van der Waals surface area contributed by atoms with Crippen LogP contribution in [0.3, 0.4) is 0 Å². The number of carbonyl (C=O) groups excluding carboxylic acids is 11. The van der Waals surface area contributed by atoms with E-state index < -0.39 is 47.8 Å². The molecule has 5 aromatic rings. The number of esters is 11. The van der Waals surface area contributed by atoms with Gasteiger partial charge in [0.2, 0.25) is 0 Å². The summed E-state index contributed by atoms with van der Waals surface area (Å²) < 4.78 is 62.7. The van der Waals surface area contributed by atoms with Crippen molar-refractivity contribution in [1.29, 1.82) is 0 Å². The fraction of sp³-hybridized carbons (Fsp3) is 0.474. The number of rotatable bonds is 42. The van der Waals surface area contributed by atoms with Crippen LogP contribution in [0.5, 0.6) is 40.2 Å². The van der Waals surface area contributed by atoms with Crippen LogP contribution in [0.4, 0.5) is 0 Å². The molecule has 0 heterocycles. The third kappa shape index (κ3) is 31.2. The van der Waals surface area contributed by atoms with Crippen molar-refractivity contribution in [2.24, 2.45) is 46.3 Å². The van der Waals surface area contributed by atoms with E-state index in [1.807, 2.05) is 0 Å². The van der Waals surface area contributed by atoms with E-state index in [9.17, 15) is 52.7 Å². The van der Waals surface area contributed by atoms with E-state index in [1.54, 1.807) is 56.9 Å². The first-order chi connectivity index (χ1) is 57.5. The zero-order valence-corrected chi connectivity index (χ0v) is 71.0. The number of allylic oxidation sites excluding steroid dienone is 1. The highest BCUT2D eigenvalue weighted by Crippen LogP contribution is 2.67. The lowest BCUT2D eigenvalue weighted by molar-refractivity contribution is -0.152. The molecule has 0 saturated heterocycles. The maximum atomic E-state index is 12.7. The Kier molecular flexibility index (Phi) is 39.4. The Morgan fingerprint density at radius 2 is 0.892 bits per heavy atom. The molecule has 4 aliphatic carbocycles. The molecule has 0 amide bonds. The van der Waals surface area contributed by atoms with Crippen molar-refractivity contribution in [2.75, 3.05) is 33.5 Å². The van der Waals surface area contributed by atoms with Gasteiger partial charge in [0.05, 0.1) is 50.2 Å². The van der Waals surface area contributed by atoms with E-state index in [2.05, 4.69) is 67.0 Å². The van der Waals surface area contributed by atoms with Gasteiger partial charge in [-0.25, -0.2) is 33.6 Å². The predicted molar refractivity (Wildman–Crippen MR) is 452 cm³/mol. The minimum Gasteiger partial charge on any atom is -0.497 e. The summed E-state index contributed by atoms with van der Waals surface area (Å²) in [6.07, 6.45) is 27.5. The second-order valence-corrected chi connectivity index (χ2v) is 32.0. The van der Waals surface area contributed by atoms with Gasteiger partial charge in [-0.3, -0.25) is 19.2 Å². The number of fused-ring (bicyclic) bond motifs is 5. The van der Waals surface area contributed by atoms with Crippen LogP contribution in [0.1, 0.15) is 239 Å². The van der Waals surface area contributed by atoms with E-state index in [4.69, 9.17) is 56.8 Å². The minimum absolute atomic E-state index is 0.0322. The van der Waals surface area contributed by atoms with Crippen LogP contribution in [0.25, 0.3) is 0 Å². The highest BCUT2D eigenvalue weighted by atomic mass is 16.6. The Morgan fingerprint density at radius 1 is 0.458 bits per heavy atom. The molecule has 120 heavy (non-hydrogen) atoms. The summed E-state index contributed by atoms with van der Waals surface area (Å²) in [7, 11) is 1.55. The molecule has 646 valence electrons. The van der Waals surface area contributed by atoms with Crippen molar-refractivity contribution in [1.82, 2.24) is 0 Å². The number of ether oxygens (including phenoxy) is 12. The first-order valence-corrected chi connectivity index (χ1v) is 42.0. The summed E-state index contributed by atoms with van der Waals surface area (Å²) in [5, 5.41) is 0. The van der Waals surface area contributed by atoms with Crippen LogP contribution < -0.4 is 33.2 Å². The van der Waals surface area contributed by atoms with Crippen molar-refractivity contribution >= 4 is 65.7 Å². The lowest BCUT2D eigenvalue weighted by Gasteiger charge is -2.58. The number of hydrogen-bond donors (Lipinski definition) is 0. The highest BCUT2D eigenvalue weighted by Gasteiger charge is 2.59. The van der Waals surface area contributed by atoms with Gasteiger partial charge < -0.3 is 56.8 Å². The van der Waals surface area contributed by atoms with Crippen LogP contribution in [-0.2, 0) is 62.0 Å². The standard InChI is InChI=1S/C37H36O12.C37H60O4.C23H24O7/c1-4-32(38)44-22-8-6-7-10-34(40)46-28-18-14-27(15-19-28)37(43)49-31-21-20-30(24-25(31)3)48-36(42)26-12-16-29(17-13-26)47-35(41)11-9-23-45-33(39)5-2;1-25(2)12-11-13-27(5)31-17-18-32-30-16-15-28-24-29(19-21-36(28,6)33(30)20-22-37(31,32)7)41-34(38)14-9-8-10-23-40-35(39)26(3)4;1-3-21(24)28-16-6-4-5-7-22(25)29-19-10-8-17(9-11-19)23(26)30-20-14-12-18(27-2)13-15-20/h4-5,12-21,24H,1-2,6-11,22-23H2,3H3;15,25,27,29-33H,3,8-14,16-24H2,1-2,4-7H3;3,8-15H,1,4-7,16H2,2H3/t;27-,29+,30+,31-,32+,33+,36+,37-;/m.1./s1. The summed E-state index contributed by atoms with van der Waals surface area (Å²) in [6, 6.07) is 29.0. The van der Waals surface area contributed by atoms with Crippen LogP contribution in [-0.4, -0.2) is 105 Å². The third-order valence-electron chi connectivity index (χ3n) is 22.8. The first kappa shape index (κ1) is 95.9. The summed E-state index contributed by atoms with van der Waals surface area (Å²) in [5.41, 5.74) is 4.13. The number of unbranched alkanes of at least 4 members (excludes halogenated alkanes) is 6. The molecule has 3 fully saturated rings. The molecule has 0 radical (unpaired) electrons. The van der Waals surface area contributed by atoms with Gasteiger partial charge in [0.25, 0.3) is 0 Å². The largest absolute Gasteiger partial charge is 0.497 e. The zero-order chi connectivity index (χ0) is 87.2. The lowest BCUT2D eigenvalue weighted by Crippen LogP contribution is -2.51. The van der Waals surface area contributed by atoms with Gasteiger partial charge in [0.15, 0.2) is 0 Å². The van der Waals surface area contributed by atoms with Gasteiger partial charge >= 0.3 is 65.7 Å². The average molecular weight is 1650 g/mol. The Bertz CT molecular complexity index is 4320. The Labute approximate surface area is 706 Å². The molecule has 0 bridgehead atoms. The van der Waals surface area contributed by atoms with Gasteiger partial charge in [0.1, 0.15) is 46.4 Å². The molecule has 0 unspecified atom stereocenters. The molecule has 0 aromatic heterocycles. The van der Waals surface area contributed by atoms with Gasteiger partial charge in [-0.15, -0.1) is 0 Å². The van der Waals surface area contributed by atoms with Gasteiger partial charge in [0, 0.05) is 55.9 Å². The topological polar surface area (TPSA) is 299 Å². The fourth-order valence-corrected chi connectivity index (χ4v) is 16.3. The normalized spacial score (nSPS) is 18.7. The first-order valence-electron chi connectivity index (χ1n) is 42.0.